The van der Waals surface area contributed by atoms with Gasteiger partial charge in [-0.1, -0.05) is 48.5 Å². The molecule has 0 radical (unpaired) electrons. The smallest absolute Gasteiger partial charge is 0.0628 e. The molecule has 2 nitrogen and oxygen atoms in total. The van der Waals surface area contributed by atoms with Crippen molar-refractivity contribution in [1.29, 1.82) is 5.26 Å². The number of para-hydroxylation sites is 1. The van der Waals surface area contributed by atoms with Gasteiger partial charge in [0.25, 0.3) is 0 Å². The van der Waals surface area contributed by atoms with E-state index in [4.69, 9.17) is 5.26 Å². The normalized spacial score (nSPS) is 17.4. The van der Waals surface area contributed by atoms with Crippen molar-refractivity contribution in [2.75, 3.05) is 11.4 Å². The minimum Gasteiger partial charge on any atom is -0.367 e. The lowest BCUT2D eigenvalue weighted by molar-refractivity contribution is 0.582. The summed E-state index contributed by atoms with van der Waals surface area (Å²) in [7, 11) is 0. The number of fused-ring (bicyclic) bond motifs is 1. The van der Waals surface area contributed by atoms with Crippen LogP contribution in [0.5, 0.6) is 0 Å². The quantitative estimate of drug-likeness (QED) is 0.833. The molecule has 1 heterocycles. The maximum Gasteiger partial charge on any atom is 0.0628 e. The second kappa shape index (κ2) is 5.79. The van der Waals surface area contributed by atoms with E-state index in [-0.39, 0.29) is 0 Å². The highest BCUT2D eigenvalue weighted by Crippen LogP contribution is 2.37. The van der Waals surface area contributed by atoms with Gasteiger partial charge in [0, 0.05) is 31.1 Å². The standard InChI is InChI=1S/C18H18N2/c19-12-10-16-11-13-20(14-15-6-2-1-3-7-15)18-9-5-4-8-17(16)18/h1-9,16H,10-11,13-14H2. The first-order valence-electron chi connectivity index (χ1n) is 7.13. The molecule has 3 rings (SSSR count). The van der Waals surface area contributed by atoms with E-state index in [2.05, 4.69) is 65.6 Å². The third-order valence-electron chi connectivity index (χ3n) is 4.02. The zero-order chi connectivity index (χ0) is 13.8. The third kappa shape index (κ3) is 2.53. The van der Waals surface area contributed by atoms with Crippen LogP contribution < -0.4 is 4.90 Å². The second-order valence-electron chi connectivity index (χ2n) is 5.31. The summed E-state index contributed by atoms with van der Waals surface area (Å²) >= 11 is 0. The SMILES string of the molecule is N#CCC1CCN(Cc2ccccc2)c2ccccc21. The Labute approximate surface area is 120 Å². The molecule has 0 aromatic heterocycles. The van der Waals surface area contributed by atoms with Crippen molar-refractivity contribution in [2.24, 2.45) is 0 Å². The number of hydrogen-bond acceptors (Lipinski definition) is 2. The Morgan fingerprint density at radius 3 is 2.60 bits per heavy atom. The molecule has 2 aromatic rings. The Morgan fingerprint density at radius 2 is 1.80 bits per heavy atom. The van der Waals surface area contributed by atoms with Gasteiger partial charge in [-0.2, -0.15) is 5.26 Å². The molecule has 0 aliphatic carbocycles. The summed E-state index contributed by atoms with van der Waals surface area (Å²) in [6.07, 6.45) is 1.69. The summed E-state index contributed by atoms with van der Waals surface area (Å²) in [5.41, 5.74) is 3.96. The summed E-state index contributed by atoms with van der Waals surface area (Å²) in [4.78, 5) is 2.43. The summed E-state index contributed by atoms with van der Waals surface area (Å²) in [5, 5.41) is 8.98. The minimum atomic E-state index is 0.392. The van der Waals surface area contributed by atoms with E-state index in [1.807, 2.05) is 0 Å². The molecule has 0 saturated heterocycles. The van der Waals surface area contributed by atoms with Gasteiger partial charge in [-0.15, -0.1) is 0 Å². The number of nitrogens with zero attached hydrogens (tertiary/aromatic N) is 2. The molecule has 1 atom stereocenters. The molecule has 0 spiro atoms. The third-order valence-corrected chi connectivity index (χ3v) is 4.02. The first-order valence-corrected chi connectivity index (χ1v) is 7.13. The average molecular weight is 262 g/mol. The van der Waals surface area contributed by atoms with Crippen LogP contribution >= 0.6 is 0 Å². The van der Waals surface area contributed by atoms with Crippen molar-refractivity contribution >= 4 is 5.69 Å². The van der Waals surface area contributed by atoms with E-state index in [1.54, 1.807) is 0 Å². The van der Waals surface area contributed by atoms with Gasteiger partial charge in [-0.3, -0.25) is 0 Å². The van der Waals surface area contributed by atoms with Crippen LogP contribution in [0.1, 0.15) is 29.9 Å². The second-order valence-corrected chi connectivity index (χ2v) is 5.31. The summed E-state index contributed by atoms with van der Waals surface area (Å²) < 4.78 is 0. The van der Waals surface area contributed by atoms with Gasteiger partial charge in [-0.25, -0.2) is 0 Å². The number of hydrogen-bond donors (Lipinski definition) is 0. The predicted molar refractivity (Wildman–Crippen MR) is 81.5 cm³/mol. The fraction of sp³-hybridized carbons (Fsp3) is 0.278. The zero-order valence-electron chi connectivity index (χ0n) is 11.5. The molecule has 0 N–H and O–H groups in total. The van der Waals surface area contributed by atoms with Crippen molar-refractivity contribution in [1.82, 2.24) is 0 Å². The lowest BCUT2D eigenvalue weighted by Crippen LogP contribution is -2.30. The summed E-state index contributed by atoms with van der Waals surface area (Å²) in [6, 6.07) is 21.4. The molecular formula is C18H18N2. The van der Waals surface area contributed by atoms with Crippen molar-refractivity contribution in [3.8, 4) is 6.07 Å². The Morgan fingerprint density at radius 1 is 1.05 bits per heavy atom. The molecule has 0 bridgehead atoms. The van der Waals surface area contributed by atoms with E-state index >= 15 is 0 Å². The van der Waals surface area contributed by atoms with Gasteiger partial charge in [0.2, 0.25) is 0 Å². The first kappa shape index (κ1) is 12.7. The van der Waals surface area contributed by atoms with Crippen LogP contribution in [0.2, 0.25) is 0 Å². The van der Waals surface area contributed by atoms with Crippen LogP contribution in [0.25, 0.3) is 0 Å². The molecule has 20 heavy (non-hydrogen) atoms. The fourth-order valence-electron chi connectivity index (χ4n) is 3.00. The first-order chi connectivity index (χ1) is 9.88. The van der Waals surface area contributed by atoms with Crippen molar-refractivity contribution < 1.29 is 0 Å². The highest BCUT2D eigenvalue weighted by molar-refractivity contribution is 5.57. The number of nitriles is 1. The van der Waals surface area contributed by atoms with Gasteiger partial charge in [0.05, 0.1) is 6.07 Å². The van der Waals surface area contributed by atoms with Crippen LogP contribution in [-0.2, 0) is 6.54 Å². The van der Waals surface area contributed by atoms with E-state index in [9.17, 15) is 0 Å². The highest BCUT2D eigenvalue weighted by Gasteiger charge is 2.24. The van der Waals surface area contributed by atoms with Crippen LogP contribution in [0, 0.1) is 11.3 Å². The Kier molecular flexibility index (Phi) is 3.69. The van der Waals surface area contributed by atoms with Crippen molar-refractivity contribution in [3.63, 3.8) is 0 Å². The lowest BCUT2D eigenvalue weighted by atomic mass is 9.87. The summed E-state index contributed by atoms with van der Waals surface area (Å²) in [5.74, 6) is 0.392. The number of benzene rings is 2. The van der Waals surface area contributed by atoms with E-state index < -0.39 is 0 Å². The molecule has 0 saturated carbocycles. The largest absolute Gasteiger partial charge is 0.367 e. The average Bonchev–Trinajstić information content (AvgIpc) is 2.51. The zero-order valence-corrected chi connectivity index (χ0v) is 11.5. The van der Waals surface area contributed by atoms with Gasteiger partial charge in [-0.05, 0) is 23.6 Å². The Bertz CT molecular complexity index is 613. The van der Waals surface area contributed by atoms with Crippen LogP contribution in [0.3, 0.4) is 0 Å². The van der Waals surface area contributed by atoms with Crippen LogP contribution in [-0.4, -0.2) is 6.54 Å². The molecule has 0 amide bonds. The maximum atomic E-state index is 8.98. The molecule has 1 aliphatic heterocycles. The van der Waals surface area contributed by atoms with Crippen molar-refractivity contribution in [3.05, 3.63) is 65.7 Å². The van der Waals surface area contributed by atoms with Crippen LogP contribution in [0.4, 0.5) is 5.69 Å². The fourth-order valence-corrected chi connectivity index (χ4v) is 3.00. The van der Waals surface area contributed by atoms with Gasteiger partial charge in [0.15, 0.2) is 0 Å². The van der Waals surface area contributed by atoms with E-state index in [0.717, 1.165) is 19.5 Å². The molecule has 2 aromatic carbocycles. The van der Waals surface area contributed by atoms with Crippen molar-refractivity contribution in [2.45, 2.75) is 25.3 Å². The monoisotopic (exact) mass is 262 g/mol. The predicted octanol–water partition coefficient (Wildman–Crippen LogP) is 4.09. The maximum absolute atomic E-state index is 8.98. The molecule has 2 heteroatoms. The Balaban J connectivity index is 1.87. The highest BCUT2D eigenvalue weighted by atomic mass is 15.1. The van der Waals surface area contributed by atoms with Gasteiger partial charge in [0.1, 0.15) is 0 Å². The molecule has 1 aliphatic rings. The lowest BCUT2D eigenvalue weighted by Gasteiger charge is -2.35. The van der Waals surface area contributed by atoms with Gasteiger partial charge >= 0.3 is 0 Å². The topological polar surface area (TPSA) is 27.0 Å². The van der Waals surface area contributed by atoms with E-state index in [0.29, 0.717) is 12.3 Å². The van der Waals surface area contributed by atoms with Crippen LogP contribution in [0.15, 0.2) is 54.6 Å². The molecular weight excluding hydrogens is 244 g/mol. The molecule has 0 fully saturated rings. The number of anilines is 1. The molecule has 100 valence electrons. The van der Waals surface area contributed by atoms with E-state index in [1.165, 1.54) is 16.8 Å². The van der Waals surface area contributed by atoms with Gasteiger partial charge < -0.3 is 4.90 Å². The summed E-state index contributed by atoms with van der Waals surface area (Å²) in [6.45, 7) is 1.97. The Hall–Kier alpha value is -2.27. The number of rotatable bonds is 3. The molecule has 1 unspecified atom stereocenters. The minimum absolute atomic E-state index is 0.392.